The van der Waals surface area contributed by atoms with Crippen molar-refractivity contribution >= 4 is 55.7 Å². The number of benzene rings is 2. The molecule has 1 aromatic heterocycles. The number of para-hydroxylation sites is 2. The highest BCUT2D eigenvalue weighted by Gasteiger charge is 2.32. The van der Waals surface area contributed by atoms with Gasteiger partial charge in [0.15, 0.2) is 0 Å². The fourth-order valence-electron chi connectivity index (χ4n) is 4.49. The zero-order chi connectivity index (χ0) is 28.0. The summed E-state index contributed by atoms with van der Waals surface area (Å²) in [7, 11) is -4.15. The summed E-state index contributed by atoms with van der Waals surface area (Å²) in [5, 5.41) is 3.22. The lowest BCUT2D eigenvalue weighted by Crippen LogP contribution is -2.38. The molecule has 0 unspecified atom stereocenters. The van der Waals surface area contributed by atoms with Crippen molar-refractivity contribution in [1.82, 2.24) is 0 Å². The first-order valence-electron chi connectivity index (χ1n) is 12.8. The highest BCUT2D eigenvalue weighted by Crippen LogP contribution is 2.39. The largest absolute Gasteiger partial charge is 0.492 e. The van der Waals surface area contributed by atoms with Crippen LogP contribution in [0.15, 0.2) is 58.3 Å². The Labute approximate surface area is 237 Å². The fraction of sp³-hybridized carbons (Fsp3) is 0.357. The van der Waals surface area contributed by atoms with E-state index in [0.29, 0.717) is 22.9 Å². The second-order valence-corrected chi connectivity index (χ2v) is 12.6. The molecule has 0 fully saturated rings. The lowest BCUT2D eigenvalue weighted by atomic mass is 9.95. The van der Waals surface area contributed by atoms with Crippen LogP contribution in [0.2, 0.25) is 0 Å². The zero-order valence-corrected chi connectivity index (χ0v) is 24.6. The van der Waals surface area contributed by atoms with E-state index in [2.05, 4.69) is 5.32 Å². The SMILES string of the molecule is CCOC(=O)c1c(NC(=O)CN(c2ccccc2OCC)S(=O)(=O)c2ccc(SC)cc2)sc2c1CCCC2. The number of nitrogens with zero attached hydrogens (tertiary/aromatic N) is 1. The average Bonchev–Trinajstić information content (AvgIpc) is 3.30. The van der Waals surface area contributed by atoms with Crippen molar-refractivity contribution in [2.75, 3.05) is 35.6 Å². The van der Waals surface area contributed by atoms with Crippen LogP contribution in [-0.4, -0.2) is 46.3 Å². The van der Waals surface area contributed by atoms with E-state index in [1.54, 1.807) is 50.2 Å². The number of sulfonamides is 1. The molecule has 1 aliphatic rings. The number of thiophene rings is 1. The summed E-state index contributed by atoms with van der Waals surface area (Å²) in [4.78, 5) is 28.4. The number of amides is 1. The molecule has 0 aliphatic heterocycles. The number of aryl methyl sites for hydroxylation is 1. The summed E-state index contributed by atoms with van der Waals surface area (Å²) in [5.41, 5.74) is 1.54. The number of hydrogen-bond acceptors (Lipinski definition) is 8. The molecule has 4 rings (SSSR count). The van der Waals surface area contributed by atoms with Crippen LogP contribution in [0, 0.1) is 0 Å². The minimum Gasteiger partial charge on any atom is -0.492 e. The van der Waals surface area contributed by atoms with Crippen molar-refractivity contribution in [3.05, 3.63) is 64.5 Å². The third-order valence-corrected chi connectivity index (χ3v) is 10.00. The average molecular weight is 589 g/mol. The van der Waals surface area contributed by atoms with Gasteiger partial charge >= 0.3 is 5.97 Å². The highest BCUT2D eigenvalue weighted by atomic mass is 32.2. The van der Waals surface area contributed by atoms with E-state index >= 15 is 0 Å². The number of ether oxygens (including phenoxy) is 2. The van der Waals surface area contributed by atoms with Gasteiger partial charge in [-0.1, -0.05) is 12.1 Å². The van der Waals surface area contributed by atoms with Crippen LogP contribution < -0.4 is 14.4 Å². The maximum atomic E-state index is 13.9. The molecule has 3 aromatic rings. The van der Waals surface area contributed by atoms with Gasteiger partial charge in [0, 0.05) is 9.77 Å². The van der Waals surface area contributed by atoms with Gasteiger partial charge in [-0.3, -0.25) is 9.10 Å². The summed E-state index contributed by atoms with van der Waals surface area (Å²) in [6.07, 6.45) is 5.45. The predicted molar refractivity (Wildman–Crippen MR) is 156 cm³/mol. The fourth-order valence-corrected chi connectivity index (χ4v) is 7.62. The second kappa shape index (κ2) is 12.9. The van der Waals surface area contributed by atoms with Crippen LogP contribution >= 0.6 is 23.1 Å². The summed E-state index contributed by atoms with van der Waals surface area (Å²) in [6, 6.07) is 13.2. The molecular weight excluding hydrogens is 557 g/mol. The third-order valence-electron chi connectivity index (χ3n) is 6.27. The summed E-state index contributed by atoms with van der Waals surface area (Å²) >= 11 is 2.86. The first-order chi connectivity index (χ1) is 18.8. The van der Waals surface area contributed by atoms with Gasteiger partial charge in [-0.15, -0.1) is 23.1 Å². The molecule has 1 amide bonds. The lowest BCUT2D eigenvalue weighted by Gasteiger charge is -2.26. The Kier molecular flexibility index (Phi) is 9.58. The molecular formula is C28H32N2O6S3. The molecule has 1 heterocycles. The van der Waals surface area contributed by atoms with Gasteiger partial charge < -0.3 is 14.8 Å². The van der Waals surface area contributed by atoms with E-state index in [-0.39, 0.29) is 17.2 Å². The van der Waals surface area contributed by atoms with Crippen LogP contribution in [0.3, 0.4) is 0 Å². The Bertz CT molecular complexity index is 1430. The number of carbonyl (C=O) groups is 2. The van der Waals surface area contributed by atoms with E-state index in [1.165, 1.54) is 35.2 Å². The van der Waals surface area contributed by atoms with Gasteiger partial charge in [-0.05, 0) is 87.7 Å². The Morgan fingerprint density at radius 2 is 1.74 bits per heavy atom. The molecule has 2 aromatic carbocycles. The summed E-state index contributed by atoms with van der Waals surface area (Å²) in [6.45, 7) is 3.56. The Balaban J connectivity index is 1.71. The topological polar surface area (TPSA) is 102 Å². The molecule has 8 nitrogen and oxygen atoms in total. The van der Waals surface area contributed by atoms with Crippen LogP contribution in [0.25, 0.3) is 0 Å². The predicted octanol–water partition coefficient (Wildman–Crippen LogP) is 5.76. The lowest BCUT2D eigenvalue weighted by molar-refractivity contribution is -0.114. The van der Waals surface area contributed by atoms with Crippen molar-refractivity contribution in [1.29, 1.82) is 0 Å². The molecule has 0 spiro atoms. The van der Waals surface area contributed by atoms with Crippen LogP contribution in [0.4, 0.5) is 10.7 Å². The summed E-state index contributed by atoms with van der Waals surface area (Å²) < 4.78 is 39.9. The van der Waals surface area contributed by atoms with Crippen molar-refractivity contribution in [2.24, 2.45) is 0 Å². The van der Waals surface area contributed by atoms with Crippen LogP contribution in [0.5, 0.6) is 5.75 Å². The third kappa shape index (κ3) is 6.42. The molecule has 0 bridgehead atoms. The molecule has 1 N–H and O–H groups in total. The van der Waals surface area contributed by atoms with Crippen molar-refractivity contribution in [3.63, 3.8) is 0 Å². The molecule has 39 heavy (non-hydrogen) atoms. The monoisotopic (exact) mass is 588 g/mol. The maximum absolute atomic E-state index is 13.9. The van der Waals surface area contributed by atoms with Crippen LogP contribution in [-0.2, 0) is 32.4 Å². The Morgan fingerprint density at radius 3 is 2.44 bits per heavy atom. The number of rotatable bonds is 11. The summed E-state index contributed by atoms with van der Waals surface area (Å²) in [5.74, 6) is -0.710. The van der Waals surface area contributed by atoms with Crippen molar-refractivity contribution in [3.8, 4) is 5.75 Å². The van der Waals surface area contributed by atoms with Crippen molar-refractivity contribution in [2.45, 2.75) is 49.3 Å². The molecule has 208 valence electrons. The number of carbonyl (C=O) groups excluding carboxylic acids is 2. The smallest absolute Gasteiger partial charge is 0.341 e. The molecule has 1 aliphatic carbocycles. The van der Waals surface area contributed by atoms with E-state index in [1.807, 2.05) is 6.26 Å². The number of hydrogen-bond donors (Lipinski definition) is 1. The van der Waals surface area contributed by atoms with E-state index < -0.39 is 28.4 Å². The first kappa shape index (κ1) is 29.0. The normalized spacial score (nSPS) is 12.9. The molecule has 11 heteroatoms. The van der Waals surface area contributed by atoms with Gasteiger partial charge in [0.2, 0.25) is 5.91 Å². The number of esters is 1. The minimum atomic E-state index is -4.15. The van der Waals surface area contributed by atoms with Gasteiger partial charge in [-0.2, -0.15) is 0 Å². The zero-order valence-electron chi connectivity index (χ0n) is 22.2. The van der Waals surface area contributed by atoms with Gasteiger partial charge in [0.1, 0.15) is 17.3 Å². The van der Waals surface area contributed by atoms with E-state index in [4.69, 9.17) is 9.47 Å². The van der Waals surface area contributed by atoms with E-state index in [0.717, 1.165) is 45.3 Å². The molecule has 0 saturated carbocycles. The van der Waals surface area contributed by atoms with Gasteiger partial charge in [-0.25, -0.2) is 13.2 Å². The number of thioether (sulfide) groups is 1. The molecule has 0 radical (unpaired) electrons. The molecule has 0 atom stereocenters. The second-order valence-electron chi connectivity index (χ2n) is 8.77. The number of nitrogens with one attached hydrogen (secondary N) is 1. The van der Waals surface area contributed by atoms with Gasteiger partial charge in [0.05, 0.1) is 29.4 Å². The standard InChI is InChI=1S/C28H32N2O6S3/c1-4-35-23-12-8-7-11-22(23)30(39(33,34)20-16-14-19(37-3)15-17-20)18-25(31)29-27-26(28(32)36-5-2)21-10-6-9-13-24(21)38-27/h7-8,11-12,14-17H,4-6,9-10,13,18H2,1-3H3,(H,29,31). The van der Waals surface area contributed by atoms with E-state index in [9.17, 15) is 18.0 Å². The van der Waals surface area contributed by atoms with Crippen LogP contribution in [0.1, 0.15) is 47.5 Å². The first-order valence-corrected chi connectivity index (χ1v) is 16.3. The quantitative estimate of drug-likeness (QED) is 0.225. The number of anilines is 2. The number of fused-ring (bicyclic) bond motifs is 1. The highest BCUT2D eigenvalue weighted by molar-refractivity contribution is 7.98. The molecule has 0 saturated heterocycles. The van der Waals surface area contributed by atoms with Gasteiger partial charge in [0.25, 0.3) is 10.0 Å². The van der Waals surface area contributed by atoms with Crippen molar-refractivity contribution < 1.29 is 27.5 Å². The Hall–Kier alpha value is -3.02. The minimum absolute atomic E-state index is 0.0539. The Morgan fingerprint density at radius 1 is 1.03 bits per heavy atom. The maximum Gasteiger partial charge on any atom is 0.341 e.